The third-order valence-corrected chi connectivity index (χ3v) is 3.15. The molecule has 0 fully saturated rings. The van der Waals surface area contributed by atoms with Crippen LogP contribution in [0.5, 0.6) is 11.5 Å². The summed E-state index contributed by atoms with van der Waals surface area (Å²) >= 11 is 0. The molecule has 2 amide bonds. The van der Waals surface area contributed by atoms with Crippen molar-refractivity contribution in [2.75, 3.05) is 30.5 Å². The van der Waals surface area contributed by atoms with Gasteiger partial charge in [0.1, 0.15) is 19.8 Å². The molecule has 132 valence electrons. The zero-order valence-electron chi connectivity index (χ0n) is 13.5. The van der Waals surface area contributed by atoms with E-state index in [4.69, 9.17) is 14.2 Å². The van der Waals surface area contributed by atoms with Gasteiger partial charge in [-0.15, -0.1) is 5.10 Å². The van der Waals surface area contributed by atoms with Crippen LogP contribution in [0.25, 0.3) is 0 Å². The zero-order valence-corrected chi connectivity index (χ0v) is 13.5. The van der Waals surface area contributed by atoms with Gasteiger partial charge < -0.3 is 19.5 Å². The third kappa shape index (κ3) is 4.37. The Bertz CT molecular complexity index is 775. The molecule has 1 aliphatic rings. The fourth-order valence-electron chi connectivity index (χ4n) is 2.15. The number of fused-ring (bicyclic) bond motifs is 1. The summed E-state index contributed by atoms with van der Waals surface area (Å²) in [6.07, 6.45) is 0.698. The summed E-state index contributed by atoms with van der Waals surface area (Å²) in [6.45, 7) is 2.80. The van der Waals surface area contributed by atoms with E-state index in [-0.39, 0.29) is 24.9 Å². The normalized spacial score (nSPS) is 12.4. The van der Waals surface area contributed by atoms with Crippen LogP contribution < -0.4 is 20.1 Å². The van der Waals surface area contributed by atoms with Crippen molar-refractivity contribution in [3.63, 3.8) is 0 Å². The topological polar surface area (TPSA) is 117 Å². The molecule has 0 radical (unpaired) electrons. The average molecular weight is 347 g/mol. The van der Waals surface area contributed by atoms with E-state index in [0.717, 1.165) is 4.80 Å². The first-order valence-electron chi connectivity index (χ1n) is 7.67. The number of carbonyl (C=O) groups is 2. The number of hydrogen-bond donors (Lipinski definition) is 2. The summed E-state index contributed by atoms with van der Waals surface area (Å²) in [6, 6.07) is 5.14. The number of ether oxygens (including phenoxy) is 3. The summed E-state index contributed by atoms with van der Waals surface area (Å²) < 4.78 is 15.6. The van der Waals surface area contributed by atoms with Gasteiger partial charge in [-0.25, -0.2) is 4.79 Å². The average Bonchev–Trinajstić information content (AvgIpc) is 3.01. The standard InChI is InChI=1S/C15H17N5O5/c1-2-23-15(22)18-13-8-16-20(19-13)9-14(21)17-10-3-4-11-12(7-10)25-6-5-24-11/h3-4,7-8H,2,5-6,9H2,1H3,(H,17,21)(H,18,19,22). The van der Waals surface area contributed by atoms with E-state index in [0.29, 0.717) is 30.4 Å². The molecule has 0 unspecified atom stereocenters. The number of aromatic nitrogens is 3. The molecular formula is C15H17N5O5. The molecule has 1 aliphatic heterocycles. The number of hydrogen-bond acceptors (Lipinski definition) is 7. The molecule has 1 aromatic heterocycles. The van der Waals surface area contributed by atoms with Gasteiger partial charge in [-0.2, -0.15) is 9.90 Å². The summed E-state index contributed by atoms with van der Waals surface area (Å²) in [4.78, 5) is 24.5. The van der Waals surface area contributed by atoms with Crippen LogP contribution in [-0.4, -0.2) is 46.8 Å². The van der Waals surface area contributed by atoms with E-state index in [9.17, 15) is 9.59 Å². The molecule has 0 atom stereocenters. The molecule has 2 heterocycles. The van der Waals surface area contributed by atoms with Crippen molar-refractivity contribution in [2.45, 2.75) is 13.5 Å². The number of nitrogens with one attached hydrogen (secondary N) is 2. The number of anilines is 2. The summed E-state index contributed by atoms with van der Waals surface area (Å²) in [5, 5.41) is 13.0. The number of rotatable bonds is 5. The van der Waals surface area contributed by atoms with Gasteiger partial charge in [-0.1, -0.05) is 0 Å². The maximum atomic E-state index is 12.1. The van der Waals surface area contributed by atoms with Gasteiger partial charge in [-0.3, -0.25) is 10.1 Å². The van der Waals surface area contributed by atoms with Gasteiger partial charge in [0.25, 0.3) is 0 Å². The Hall–Kier alpha value is -3.30. The molecule has 0 saturated heterocycles. The van der Waals surface area contributed by atoms with Crippen LogP contribution in [0.2, 0.25) is 0 Å². The molecule has 1 aromatic carbocycles. The molecule has 0 spiro atoms. The Labute approximate surface area is 143 Å². The van der Waals surface area contributed by atoms with Crippen LogP contribution >= 0.6 is 0 Å². The Morgan fingerprint density at radius 2 is 2.04 bits per heavy atom. The highest BCUT2D eigenvalue weighted by atomic mass is 16.6. The highest BCUT2D eigenvalue weighted by molar-refractivity contribution is 5.90. The predicted octanol–water partition coefficient (Wildman–Crippen LogP) is 1.26. The van der Waals surface area contributed by atoms with Crippen LogP contribution in [-0.2, 0) is 16.1 Å². The third-order valence-electron chi connectivity index (χ3n) is 3.15. The van der Waals surface area contributed by atoms with E-state index >= 15 is 0 Å². The van der Waals surface area contributed by atoms with Crippen molar-refractivity contribution in [1.29, 1.82) is 0 Å². The lowest BCUT2D eigenvalue weighted by Gasteiger charge is -2.18. The van der Waals surface area contributed by atoms with Crippen LogP contribution in [0.4, 0.5) is 16.3 Å². The Balaban J connectivity index is 1.56. The lowest BCUT2D eigenvalue weighted by molar-refractivity contribution is -0.117. The van der Waals surface area contributed by atoms with Crippen LogP contribution in [0, 0.1) is 0 Å². The number of amides is 2. The van der Waals surface area contributed by atoms with Crippen molar-refractivity contribution >= 4 is 23.5 Å². The van der Waals surface area contributed by atoms with Crippen molar-refractivity contribution in [3.05, 3.63) is 24.4 Å². The molecule has 2 aromatic rings. The SMILES string of the molecule is CCOC(=O)Nc1cnn(CC(=O)Nc2ccc3c(c2)OCCO3)n1. The molecule has 3 rings (SSSR count). The first-order valence-corrected chi connectivity index (χ1v) is 7.67. The molecule has 10 heteroatoms. The molecule has 25 heavy (non-hydrogen) atoms. The van der Waals surface area contributed by atoms with Crippen molar-refractivity contribution in [1.82, 2.24) is 15.0 Å². The minimum Gasteiger partial charge on any atom is -0.486 e. The van der Waals surface area contributed by atoms with Gasteiger partial charge in [0.15, 0.2) is 17.3 Å². The second-order valence-electron chi connectivity index (χ2n) is 5.01. The summed E-state index contributed by atoms with van der Waals surface area (Å²) in [7, 11) is 0. The maximum Gasteiger partial charge on any atom is 0.412 e. The highest BCUT2D eigenvalue weighted by Gasteiger charge is 2.14. The second kappa shape index (κ2) is 7.51. The Kier molecular flexibility index (Phi) is 4.97. The van der Waals surface area contributed by atoms with Gasteiger partial charge >= 0.3 is 6.09 Å². The number of carbonyl (C=O) groups excluding carboxylic acids is 2. The first-order chi connectivity index (χ1) is 12.1. The molecule has 10 nitrogen and oxygen atoms in total. The van der Waals surface area contributed by atoms with E-state index in [2.05, 4.69) is 20.8 Å². The molecule has 0 saturated carbocycles. The zero-order chi connectivity index (χ0) is 17.6. The lowest BCUT2D eigenvalue weighted by Crippen LogP contribution is -2.21. The molecule has 0 aliphatic carbocycles. The van der Waals surface area contributed by atoms with Crippen molar-refractivity contribution in [2.24, 2.45) is 0 Å². The van der Waals surface area contributed by atoms with Gasteiger partial charge in [0, 0.05) is 11.8 Å². The van der Waals surface area contributed by atoms with Crippen LogP contribution in [0.3, 0.4) is 0 Å². The fourth-order valence-corrected chi connectivity index (χ4v) is 2.15. The van der Waals surface area contributed by atoms with E-state index in [1.165, 1.54) is 6.20 Å². The fraction of sp³-hybridized carbons (Fsp3) is 0.333. The largest absolute Gasteiger partial charge is 0.486 e. The second-order valence-corrected chi connectivity index (χ2v) is 5.01. The monoisotopic (exact) mass is 347 g/mol. The van der Waals surface area contributed by atoms with Gasteiger partial charge in [0.2, 0.25) is 5.91 Å². The van der Waals surface area contributed by atoms with E-state index in [1.807, 2.05) is 0 Å². The number of benzene rings is 1. The summed E-state index contributed by atoms with van der Waals surface area (Å²) in [5.74, 6) is 1.11. The Morgan fingerprint density at radius 1 is 1.24 bits per heavy atom. The minimum atomic E-state index is -0.629. The molecule has 2 N–H and O–H groups in total. The quantitative estimate of drug-likeness (QED) is 0.836. The van der Waals surface area contributed by atoms with E-state index in [1.54, 1.807) is 25.1 Å². The van der Waals surface area contributed by atoms with Gasteiger partial charge in [0.05, 0.1) is 12.8 Å². The first kappa shape index (κ1) is 16.6. The highest BCUT2D eigenvalue weighted by Crippen LogP contribution is 2.32. The minimum absolute atomic E-state index is 0.112. The predicted molar refractivity (Wildman–Crippen MR) is 86.7 cm³/mol. The number of nitrogens with zero attached hydrogens (tertiary/aromatic N) is 3. The molecule has 0 bridgehead atoms. The summed E-state index contributed by atoms with van der Waals surface area (Å²) in [5.41, 5.74) is 0.575. The maximum absolute atomic E-state index is 12.1. The van der Waals surface area contributed by atoms with Crippen LogP contribution in [0.1, 0.15) is 6.92 Å². The van der Waals surface area contributed by atoms with Gasteiger partial charge in [-0.05, 0) is 19.1 Å². The van der Waals surface area contributed by atoms with Crippen LogP contribution in [0.15, 0.2) is 24.4 Å². The van der Waals surface area contributed by atoms with Crippen molar-refractivity contribution < 1.29 is 23.8 Å². The smallest absolute Gasteiger partial charge is 0.412 e. The Morgan fingerprint density at radius 3 is 2.84 bits per heavy atom. The lowest BCUT2D eigenvalue weighted by atomic mass is 10.2. The van der Waals surface area contributed by atoms with Crippen molar-refractivity contribution in [3.8, 4) is 11.5 Å². The van der Waals surface area contributed by atoms with E-state index < -0.39 is 6.09 Å². The molecular weight excluding hydrogens is 330 g/mol.